The van der Waals surface area contributed by atoms with Crippen LogP contribution in [0.4, 0.5) is 0 Å². The third-order valence-electron chi connectivity index (χ3n) is 2.29. The molecule has 1 rings (SSSR count). The number of H-pyrrole nitrogens is 1. The SMILES string of the molecule is CCN(CC)CCON=Cc1cc[nH]c1. The molecule has 1 aromatic rings. The van der Waals surface area contributed by atoms with Crippen molar-refractivity contribution in [2.24, 2.45) is 5.16 Å². The molecule has 4 nitrogen and oxygen atoms in total. The van der Waals surface area contributed by atoms with Crippen LogP contribution in [0.15, 0.2) is 23.6 Å². The lowest BCUT2D eigenvalue weighted by Gasteiger charge is -2.16. The van der Waals surface area contributed by atoms with Gasteiger partial charge in [0, 0.05) is 24.5 Å². The van der Waals surface area contributed by atoms with Gasteiger partial charge in [0.05, 0.1) is 6.21 Å². The van der Waals surface area contributed by atoms with Gasteiger partial charge in [-0.1, -0.05) is 19.0 Å². The standard InChI is InChI=1S/C11H19N3O/c1-3-14(4-2)7-8-15-13-10-11-5-6-12-9-11/h5-6,9-10,12H,3-4,7-8H2,1-2H3. The average molecular weight is 209 g/mol. The molecule has 1 N–H and O–H groups in total. The average Bonchev–Trinajstić information content (AvgIpc) is 2.76. The number of aromatic nitrogens is 1. The summed E-state index contributed by atoms with van der Waals surface area (Å²) in [5.74, 6) is 0. The van der Waals surface area contributed by atoms with E-state index in [-0.39, 0.29) is 0 Å². The van der Waals surface area contributed by atoms with Crippen LogP contribution >= 0.6 is 0 Å². The predicted octanol–water partition coefficient (Wildman–Crippen LogP) is 1.71. The van der Waals surface area contributed by atoms with Crippen LogP contribution in [0.5, 0.6) is 0 Å². The molecule has 1 heterocycles. The molecule has 0 atom stereocenters. The molecule has 15 heavy (non-hydrogen) atoms. The Hall–Kier alpha value is -1.29. The minimum atomic E-state index is 0.641. The van der Waals surface area contributed by atoms with Crippen molar-refractivity contribution in [1.82, 2.24) is 9.88 Å². The maximum atomic E-state index is 5.16. The summed E-state index contributed by atoms with van der Waals surface area (Å²) in [6.45, 7) is 7.97. The molecule has 84 valence electrons. The Bertz CT molecular complexity index is 265. The first kappa shape index (κ1) is 11.8. The first-order valence-corrected chi connectivity index (χ1v) is 5.37. The topological polar surface area (TPSA) is 40.6 Å². The molecule has 4 heteroatoms. The lowest BCUT2D eigenvalue weighted by molar-refractivity contribution is 0.115. The third kappa shape index (κ3) is 4.65. The van der Waals surface area contributed by atoms with Crippen LogP contribution in [0.2, 0.25) is 0 Å². The Balaban J connectivity index is 2.11. The molecule has 0 aliphatic carbocycles. The lowest BCUT2D eigenvalue weighted by atomic mass is 10.4. The summed E-state index contributed by atoms with van der Waals surface area (Å²) >= 11 is 0. The maximum Gasteiger partial charge on any atom is 0.129 e. The maximum absolute atomic E-state index is 5.16. The van der Waals surface area contributed by atoms with E-state index in [0.29, 0.717) is 6.61 Å². The molecule has 0 bridgehead atoms. The second-order valence-electron chi connectivity index (χ2n) is 3.24. The highest BCUT2D eigenvalue weighted by atomic mass is 16.6. The van der Waals surface area contributed by atoms with Crippen molar-refractivity contribution >= 4 is 6.21 Å². The second kappa shape index (κ2) is 7.06. The minimum absolute atomic E-state index is 0.641. The number of aromatic amines is 1. The van der Waals surface area contributed by atoms with Crippen molar-refractivity contribution in [3.05, 3.63) is 24.0 Å². The van der Waals surface area contributed by atoms with Crippen LogP contribution < -0.4 is 0 Å². The Morgan fingerprint density at radius 2 is 2.27 bits per heavy atom. The number of likely N-dealkylation sites (N-methyl/N-ethyl adjacent to an activating group) is 1. The molecule has 0 aromatic carbocycles. The molecular formula is C11H19N3O. The van der Waals surface area contributed by atoms with Gasteiger partial charge in [0.2, 0.25) is 0 Å². The second-order valence-corrected chi connectivity index (χ2v) is 3.24. The largest absolute Gasteiger partial charge is 0.394 e. The summed E-state index contributed by atoms with van der Waals surface area (Å²) in [6, 6.07) is 1.94. The van der Waals surface area contributed by atoms with E-state index in [0.717, 1.165) is 25.2 Å². The van der Waals surface area contributed by atoms with Crippen LogP contribution in [-0.2, 0) is 4.84 Å². The van der Waals surface area contributed by atoms with Gasteiger partial charge in [-0.05, 0) is 19.2 Å². The van der Waals surface area contributed by atoms with Crippen molar-refractivity contribution in [1.29, 1.82) is 0 Å². The van der Waals surface area contributed by atoms with Crippen molar-refractivity contribution in [3.63, 3.8) is 0 Å². The molecule has 0 saturated carbocycles. The molecular weight excluding hydrogens is 190 g/mol. The molecule has 0 aliphatic rings. The van der Waals surface area contributed by atoms with Gasteiger partial charge in [-0.2, -0.15) is 0 Å². The van der Waals surface area contributed by atoms with Crippen molar-refractivity contribution in [2.75, 3.05) is 26.2 Å². The fourth-order valence-electron chi connectivity index (χ4n) is 1.28. The van der Waals surface area contributed by atoms with Gasteiger partial charge < -0.3 is 14.7 Å². The van der Waals surface area contributed by atoms with Gasteiger partial charge in [0.15, 0.2) is 0 Å². The van der Waals surface area contributed by atoms with E-state index in [1.54, 1.807) is 6.21 Å². The monoisotopic (exact) mass is 209 g/mol. The number of oxime groups is 1. The van der Waals surface area contributed by atoms with Gasteiger partial charge in [-0.25, -0.2) is 0 Å². The van der Waals surface area contributed by atoms with Crippen molar-refractivity contribution in [2.45, 2.75) is 13.8 Å². The molecule has 0 fully saturated rings. The number of rotatable bonds is 7. The highest BCUT2D eigenvalue weighted by molar-refractivity contribution is 5.78. The molecule has 0 amide bonds. The van der Waals surface area contributed by atoms with Crippen LogP contribution in [-0.4, -0.2) is 42.3 Å². The molecule has 0 aliphatic heterocycles. The molecule has 1 aromatic heterocycles. The fourth-order valence-corrected chi connectivity index (χ4v) is 1.28. The Morgan fingerprint density at radius 3 is 2.87 bits per heavy atom. The van der Waals surface area contributed by atoms with Crippen LogP contribution in [0.1, 0.15) is 19.4 Å². The first-order valence-electron chi connectivity index (χ1n) is 5.37. The molecule has 0 spiro atoms. The summed E-state index contributed by atoms with van der Waals surface area (Å²) in [5.41, 5.74) is 1.03. The molecule has 0 radical (unpaired) electrons. The van der Waals surface area contributed by atoms with E-state index in [4.69, 9.17) is 4.84 Å². The van der Waals surface area contributed by atoms with Gasteiger partial charge >= 0.3 is 0 Å². The summed E-state index contributed by atoms with van der Waals surface area (Å²) in [6.07, 6.45) is 5.44. The van der Waals surface area contributed by atoms with E-state index < -0.39 is 0 Å². The summed E-state index contributed by atoms with van der Waals surface area (Å²) in [5, 5.41) is 3.88. The van der Waals surface area contributed by atoms with Crippen LogP contribution in [0, 0.1) is 0 Å². The number of hydrogen-bond donors (Lipinski definition) is 1. The van der Waals surface area contributed by atoms with Crippen molar-refractivity contribution in [3.8, 4) is 0 Å². The molecule has 0 unspecified atom stereocenters. The summed E-state index contributed by atoms with van der Waals surface area (Å²) in [7, 11) is 0. The number of nitrogens with zero attached hydrogens (tertiary/aromatic N) is 2. The minimum Gasteiger partial charge on any atom is -0.394 e. The zero-order chi connectivity index (χ0) is 10.9. The van der Waals surface area contributed by atoms with E-state index in [9.17, 15) is 0 Å². The van der Waals surface area contributed by atoms with Gasteiger partial charge in [0.25, 0.3) is 0 Å². The zero-order valence-corrected chi connectivity index (χ0v) is 9.44. The highest BCUT2D eigenvalue weighted by Gasteiger charge is 1.97. The first-order chi connectivity index (χ1) is 7.36. The van der Waals surface area contributed by atoms with Gasteiger partial charge in [-0.15, -0.1) is 0 Å². The number of hydrogen-bond acceptors (Lipinski definition) is 3. The van der Waals surface area contributed by atoms with E-state index in [2.05, 4.69) is 28.9 Å². The smallest absolute Gasteiger partial charge is 0.129 e. The third-order valence-corrected chi connectivity index (χ3v) is 2.29. The van der Waals surface area contributed by atoms with E-state index >= 15 is 0 Å². The zero-order valence-electron chi connectivity index (χ0n) is 9.44. The quantitative estimate of drug-likeness (QED) is 0.422. The molecule has 0 saturated heterocycles. The Morgan fingerprint density at radius 1 is 1.47 bits per heavy atom. The van der Waals surface area contributed by atoms with Crippen LogP contribution in [0.3, 0.4) is 0 Å². The Kier molecular flexibility index (Phi) is 5.55. The van der Waals surface area contributed by atoms with E-state index in [1.165, 1.54) is 0 Å². The van der Waals surface area contributed by atoms with Crippen molar-refractivity contribution < 1.29 is 4.84 Å². The number of nitrogens with one attached hydrogen (secondary N) is 1. The summed E-state index contributed by atoms with van der Waals surface area (Å²) < 4.78 is 0. The van der Waals surface area contributed by atoms with Crippen LogP contribution in [0.25, 0.3) is 0 Å². The van der Waals surface area contributed by atoms with Gasteiger partial charge in [-0.3, -0.25) is 0 Å². The lowest BCUT2D eigenvalue weighted by Crippen LogP contribution is -2.26. The van der Waals surface area contributed by atoms with E-state index in [1.807, 2.05) is 18.5 Å². The normalized spacial score (nSPS) is 11.4. The Labute approximate surface area is 90.9 Å². The predicted molar refractivity (Wildman–Crippen MR) is 62.1 cm³/mol. The summed E-state index contributed by atoms with van der Waals surface area (Å²) in [4.78, 5) is 10.4. The fraction of sp³-hybridized carbons (Fsp3) is 0.545. The van der Waals surface area contributed by atoms with Gasteiger partial charge in [0.1, 0.15) is 6.61 Å². The highest BCUT2D eigenvalue weighted by Crippen LogP contribution is 1.92.